The van der Waals surface area contributed by atoms with Gasteiger partial charge in [-0.25, -0.2) is 0 Å². The number of rotatable bonds is 4. The summed E-state index contributed by atoms with van der Waals surface area (Å²) in [6, 6.07) is 3.58. The van der Waals surface area contributed by atoms with Gasteiger partial charge in [-0.1, -0.05) is 13.0 Å². The third-order valence-electron chi connectivity index (χ3n) is 2.98. The molecule has 4 nitrogen and oxygen atoms in total. The lowest BCUT2D eigenvalue weighted by atomic mass is 9.77. The topological polar surface area (TPSA) is 59.4 Å². The molecule has 2 heterocycles. The number of carboxylic acids is 1. The Labute approximate surface area is 94.3 Å². The molecule has 0 radical (unpaired) electrons. The minimum atomic E-state index is -0.791. The number of ether oxygens (including phenoxy) is 1. The molecule has 1 N–H and O–H groups in total. The number of aromatic nitrogens is 1. The van der Waals surface area contributed by atoms with Crippen LogP contribution in [-0.2, 0) is 9.53 Å². The highest BCUT2D eigenvalue weighted by Gasteiger charge is 2.38. The molecule has 86 valence electrons. The molecular weight excluding hydrogens is 206 g/mol. The van der Waals surface area contributed by atoms with E-state index >= 15 is 0 Å². The Kier molecular flexibility index (Phi) is 2.92. The van der Waals surface area contributed by atoms with Gasteiger partial charge in [-0.15, -0.1) is 0 Å². The summed E-state index contributed by atoms with van der Waals surface area (Å²) in [5.41, 5.74) is 0.766. The summed E-state index contributed by atoms with van der Waals surface area (Å²) < 4.78 is 5.15. The van der Waals surface area contributed by atoms with Gasteiger partial charge in [-0.05, 0) is 18.1 Å². The highest BCUT2D eigenvalue weighted by atomic mass is 16.5. The average molecular weight is 221 g/mol. The molecule has 0 aromatic carbocycles. The first kappa shape index (κ1) is 11.1. The largest absolute Gasteiger partial charge is 0.481 e. The predicted octanol–water partition coefficient (Wildman–Crippen LogP) is 1.68. The van der Waals surface area contributed by atoms with Crippen molar-refractivity contribution in [2.24, 2.45) is 5.41 Å². The summed E-state index contributed by atoms with van der Waals surface area (Å²) in [5.74, 6) is -1.27. The summed E-state index contributed by atoms with van der Waals surface area (Å²) in [4.78, 5) is 15.2. The van der Waals surface area contributed by atoms with Crippen LogP contribution in [0.25, 0.3) is 0 Å². The van der Waals surface area contributed by atoms with Gasteiger partial charge in [0.05, 0.1) is 19.1 Å². The Hall–Kier alpha value is -1.42. The summed E-state index contributed by atoms with van der Waals surface area (Å²) in [6.45, 7) is 3.36. The fourth-order valence-corrected chi connectivity index (χ4v) is 1.99. The van der Waals surface area contributed by atoms with Crippen molar-refractivity contribution in [3.63, 3.8) is 0 Å². The zero-order valence-corrected chi connectivity index (χ0v) is 9.22. The Morgan fingerprint density at radius 3 is 2.88 bits per heavy atom. The molecule has 0 bridgehead atoms. The molecule has 0 spiro atoms. The minimum absolute atomic E-state index is 0.00109. The summed E-state index contributed by atoms with van der Waals surface area (Å²) in [5, 5.41) is 9.24. The molecule has 1 saturated heterocycles. The van der Waals surface area contributed by atoms with E-state index in [1.54, 1.807) is 18.5 Å². The van der Waals surface area contributed by atoms with Gasteiger partial charge in [0.1, 0.15) is 0 Å². The molecular formula is C12H15NO3. The number of carbonyl (C=O) groups is 1. The fourth-order valence-electron chi connectivity index (χ4n) is 1.99. The molecule has 4 heteroatoms. The Morgan fingerprint density at radius 2 is 2.44 bits per heavy atom. The van der Waals surface area contributed by atoms with E-state index in [1.807, 2.05) is 6.07 Å². The van der Waals surface area contributed by atoms with Crippen LogP contribution in [0.2, 0.25) is 0 Å². The van der Waals surface area contributed by atoms with Gasteiger partial charge in [0.25, 0.3) is 0 Å². The van der Waals surface area contributed by atoms with Crippen molar-refractivity contribution in [3.05, 3.63) is 30.1 Å². The van der Waals surface area contributed by atoms with Crippen molar-refractivity contribution >= 4 is 5.97 Å². The van der Waals surface area contributed by atoms with Gasteiger partial charge >= 0.3 is 5.97 Å². The Bertz CT molecular complexity index is 373. The van der Waals surface area contributed by atoms with Crippen LogP contribution in [0.4, 0.5) is 0 Å². The first-order chi connectivity index (χ1) is 7.61. The molecule has 1 aromatic rings. The van der Waals surface area contributed by atoms with Crippen molar-refractivity contribution in [2.45, 2.75) is 19.3 Å². The van der Waals surface area contributed by atoms with E-state index in [2.05, 4.69) is 11.9 Å². The molecule has 0 amide bonds. The molecule has 2 rings (SSSR count). The SMILES string of the molecule is CC1(CC(C(=O)O)c2cccnc2)COC1. The van der Waals surface area contributed by atoms with Crippen molar-refractivity contribution in [3.8, 4) is 0 Å². The Morgan fingerprint density at radius 1 is 1.69 bits per heavy atom. The molecule has 16 heavy (non-hydrogen) atoms. The maximum absolute atomic E-state index is 11.2. The van der Waals surface area contributed by atoms with E-state index in [1.165, 1.54) is 0 Å². The number of nitrogens with zero attached hydrogens (tertiary/aromatic N) is 1. The van der Waals surface area contributed by atoms with Gasteiger partial charge in [0.2, 0.25) is 0 Å². The lowest BCUT2D eigenvalue weighted by Crippen LogP contribution is -2.41. The lowest BCUT2D eigenvalue weighted by Gasteiger charge is -2.39. The fraction of sp³-hybridized carbons (Fsp3) is 0.500. The average Bonchev–Trinajstić information content (AvgIpc) is 2.24. The van der Waals surface area contributed by atoms with E-state index in [9.17, 15) is 9.90 Å². The minimum Gasteiger partial charge on any atom is -0.481 e. The van der Waals surface area contributed by atoms with Crippen LogP contribution < -0.4 is 0 Å². The van der Waals surface area contributed by atoms with Crippen LogP contribution in [-0.4, -0.2) is 29.3 Å². The van der Waals surface area contributed by atoms with Crippen LogP contribution in [0.1, 0.15) is 24.8 Å². The maximum atomic E-state index is 11.2. The zero-order valence-electron chi connectivity index (χ0n) is 9.22. The van der Waals surface area contributed by atoms with Gasteiger partial charge in [-0.2, -0.15) is 0 Å². The first-order valence-electron chi connectivity index (χ1n) is 5.31. The molecule has 0 saturated carbocycles. The monoisotopic (exact) mass is 221 g/mol. The second kappa shape index (κ2) is 4.22. The van der Waals surface area contributed by atoms with Crippen LogP contribution >= 0.6 is 0 Å². The van der Waals surface area contributed by atoms with Crippen molar-refractivity contribution in [1.82, 2.24) is 4.98 Å². The first-order valence-corrected chi connectivity index (χ1v) is 5.31. The second-order valence-corrected chi connectivity index (χ2v) is 4.68. The third-order valence-corrected chi connectivity index (χ3v) is 2.98. The highest BCUT2D eigenvalue weighted by molar-refractivity contribution is 5.76. The summed E-state index contributed by atoms with van der Waals surface area (Å²) >= 11 is 0. The van der Waals surface area contributed by atoms with Gasteiger partial charge < -0.3 is 9.84 Å². The van der Waals surface area contributed by atoms with E-state index in [0.29, 0.717) is 19.6 Å². The van der Waals surface area contributed by atoms with Gasteiger partial charge in [0, 0.05) is 17.8 Å². The number of pyridine rings is 1. The maximum Gasteiger partial charge on any atom is 0.311 e. The predicted molar refractivity (Wildman–Crippen MR) is 58.2 cm³/mol. The van der Waals surface area contributed by atoms with Crippen molar-refractivity contribution in [1.29, 1.82) is 0 Å². The smallest absolute Gasteiger partial charge is 0.311 e. The molecule has 1 aliphatic heterocycles. The van der Waals surface area contributed by atoms with E-state index < -0.39 is 11.9 Å². The quantitative estimate of drug-likeness (QED) is 0.840. The standard InChI is InChI=1S/C12H15NO3/c1-12(7-16-8-12)5-10(11(14)15)9-3-2-4-13-6-9/h2-4,6,10H,5,7-8H2,1H3,(H,14,15). The van der Waals surface area contributed by atoms with E-state index in [4.69, 9.17) is 4.74 Å². The lowest BCUT2D eigenvalue weighted by molar-refractivity contribution is -0.145. The molecule has 1 aliphatic rings. The number of hydrogen-bond donors (Lipinski definition) is 1. The van der Waals surface area contributed by atoms with E-state index in [0.717, 1.165) is 5.56 Å². The van der Waals surface area contributed by atoms with Crippen LogP contribution in [0.5, 0.6) is 0 Å². The molecule has 1 atom stereocenters. The number of aliphatic carboxylic acids is 1. The molecule has 1 unspecified atom stereocenters. The molecule has 1 aromatic heterocycles. The Balaban J connectivity index is 2.15. The van der Waals surface area contributed by atoms with Crippen LogP contribution in [0.15, 0.2) is 24.5 Å². The van der Waals surface area contributed by atoms with Crippen molar-refractivity contribution < 1.29 is 14.6 Å². The van der Waals surface area contributed by atoms with Gasteiger partial charge in [0.15, 0.2) is 0 Å². The van der Waals surface area contributed by atoms with E-state index in [-0.39, 0.29) is 5.41 Å². The second-order valence-electron chi connectivity index (χ2n) is 4.68. The normalized spacial score (nSPS) is 19.8. The number of carboxylic acid groups (broad SMARTS) is 1. The molecule has 0 aliphatic carbocycles. The van der Waals surface area contributed by atoms with Crippen molar-refractivity contribution in [2.75, 3.05) is 13.2 Å². The van der Waals surface area contributed by atoms with Crippen LogP contribution in [0.3, 0.4) is 0 Å². The summed E-state index contributed by atoms with van der Waals surface area (Å²) in [7, 11) is 0. The molecule has 1 fully saturated rings. The summed E-state index contributed by atoms with van der Waals surface area (Å²) in [6.07, 6.45) is 3.88. The van der Waals surface area contributed by atoms with Gasteiger partial charge in [-0.3, -0.25) is 9.78 Å². The van der Waals surface area contributed by atoms with Crippen LogP contribution in [0, 0.1) is 5.41 Å². The zero-order chi connectivity index (χ0) is 11.6. The third kappa shape index (κ3) is 2.22. The highest BCUT2D eigenvalue weighted by Crippen LogP contribution is 2.37. The number of hydrogen-bond acceptors (Lipinski definition) is 3.